The third-order valence-corrected chi connectivity index (χ3v) is 6.58. The second-order valence-electron chi connectivity index (χ2n) is 8.45. The number of methoxy groups -OCH3 is 1. The number of amides is 2. The first-order valence-electron chi connectivity index (χ1n) is 12.2. The number of hydrogen-bond acceptors (Lipinski definition) is 4. The minimum absolute atomic E-state index is 0.116. The average molecular weight is 543 g/mol. The van der Waals surface area contributed by atoms with Crippen LogP contribution in [0.2, 0.25) is 10.0 Å². The first-order chi connectivity index (χ1) is 17.9. The second-order valence-corrected chi connectivity index (χ2v) is 9.26. The van der Waals surface area contributed by atoms with Gasteiger partial charge in [-0.25, -0.2) is 0 Å². The van der Waals surface area contributed by atoms with Crippen LogP contribution in [0.25, 0.3) is 0 Å². The lowest BCUT2D eigenvalue weighted by atomic mass is 10.0. The van der Waals surface area contributed by atoms with Crippen LogP contribution < -0.4 is 14.8 Å². The molecule has 3 rings (SSSR count). The Morgan fingerprint density at radius 2 is 1.57 bits per heavy atom. The van der Waals surface area contributed by atoms with E-state index in [1.165, 1.54) is 0 Å². The lowest BCUT2D eigenvalue weighted by Crippen LogP contribution is -2.50. The molecule has 0 aliphatic rings. The monoisotopic (exact) mass is 542 g/mol. The summed E-state index contributed by atoms with van der Waals surface area (Å²) in [6, 6.07) is 21.4. The Morgan fingerprint density at radius 1 is 0.919 bits per heavy atom. The molecule has 0 unspecified atom stereocenters. The molecule has 1 N–H and O–H groups in total. The molecule has 3 aromatic rings. The Kier molecular flexibility index (Phi) is 11.1. The van der Waals surface area contributed by atoms with Crippen molar-refractivity contribution in [2.24, 2.45) is 0 Å². The van der Waals surface area contributed by atoms with Gasteiger partial charge in [0.15, 0.2) is 0 Å². The van der Waals surface area contributed by atoms with Crippen LogP contribution in [0.5, 0.6) is 11.5 Å². The SMILES string of the molecule is CCNC(=O)[C@@H](Cc1ccccc1)N(Cc1c(Cl)cccc1Cl)C(=O)CCCOc1ccc(OC)cc1. The van der Waals surface area contributed by atoms with Crippen LogP contribution in [-0.2, 0) is 22.6 Å². The van der Waals surface area contributed by atoms with E-state index in [2.05, 4.69) is 5.32 Å². The maximum atomic E-state index is 13.6. The van der Waals surface area contributed by atoms with Crippen LogP contribution in [0.1, 0.15) is 30.9 Å². The summed E-state index contributed by atoms with van der Waals surface area (Å²) in [5.41, 5.74) is 1.56. The van der Waals surface area contributed by atoms with E-state index in [1.54, 1.807) is 30.2 Å². The number of rotatable bonds is 13. The summed E-state index contributed by atoms with van der Waals surface area (Å²) in [7, 11) is 1.61. The Morgan fingerprint density at radius 3 is 2.19 bits per heavy atom. The zero-order valence-corrected chi connectivity index (χ0v) is 22.6. The molecule has 37 heavy (non-hydrogen) atoms. The summed E-state index contributed by atoms with van der Waals surface area (Å²) in [5.74, 6) is 1.03. The number of carbonyl (C=O) groups is 2. The van der Waals surface area contributed by atoms with Gasteiger partial charge in [0, 0.05) is 41.5 Å². The minimum Gasteiger partial charge on any atom is -0.497 e. The number of carbonyl (C=O) groups excluding carboxylic acids is 2. The van der Waals surface area contributed by atoms with Gasteiger partial charge in [-0.1, -0.05) is 59.6 Å². The molecular formula is C29H32Cl2N2O4. The Labute approximate surface area is 228 Å². The molecule has 0 aliphatic heterocycles. The summed E-state index contributed by atoms with van der Waals surface area (Å²) in [6.45, 7) is 2.77. The highest BCUT2D eigenvalue weighted by atomic mass is 35.5. The zero-order valence-electron chi connectivity index (χ0n) is 21.1. The van der Waals surface area contributed by atoms with Gasteiger partial charge in [-0.15, -0.1) is 0 Å². The molecule has 196 valence electrons. The van der Waals surface area contributed by atoms with E-state index in [4.69, 9.17) is 32.7 Å². The molecule has 6 nitrogen and oxygen atoms in total. The number of nitrogens with one attached hydrogen (secondary N) is 1. The molecule has 0 saturated carbocycles. The standard InChI is InChI=1S/C29H32Cl2N2O4/c1-3-32-29(35)27(19-21-9-5-4-6-10-21)33(20-24-25(30)11-7-12-26(24)31)28(34)13-8-18-37-23-16-14-22(36-2)15-17-23/h4-7,9-12,14-17,27H,3,8,13,18-20H2,1-2H3,(H,32,35)/t27-/m1/s1. The van der Waals surface area contributed by atoms with Crippen molar-refractivity contribution in [3.63, 3.8) is 0 Å². The van der Waals surface area contributed by atoms with Gasteiger partial charge in [0.1, 0.15) is 17.5 Å². The normalized spacial score (nSPS) is 11.5. The number of likely N-dealkylation sites (N-methyl/N-ethyl adjacent to an activating group) is 1. The van der Waals surface area contributed by atoms with Gasteiger partial charge in [0.05, 0.1) is 13.7 Å². The molecule has 1 atom stereocenters. The molecule has 0 bridgehead atoms. The maximum Gasteiger partial charge on any atom is 0.243 e. The molecule has 0 aliphatic carbocycles. The highest BCUT2D eigenvalue weighted by Gasteiger charge is 2.30. The molecule has 3 aromatic carbocycles. The van der Waals surface area contributed by atoms with Crippen molar-refractivity contribution in [3.05, 3.63) is 94.0 Å². The van der Waals surface area contributed by atoms with E-state index in [-0.39, 0.29) is 24.8 Å². The van der Waals surface area contributed by atoms with Crippen molar-refractivity contribution in [1.82, 2.24) is 10.2 Å². The lowest BCUT2D eigenvalue weighted by Gasteiger charge is -2.32. The van der Waals surface area contributed by atoms with E-state index in [0.29, 0.717) is 47.4 Å². The van der Waals surface area contributed by atoms with Crippen molar-refractivity contribution in [2.75, 3.05) is 20.3 Å². The van der Waals surface area contributed by atoms with Crippen molar-refractivity contribution < 1.29 is 19.1 Å². The van der Waals surface area contributed by atoms with Crippen molar-refractivity contribution in [1.29, 1.82) is 0 Å². The van der Waals surface area contributed by atoms with Gasteiger partial charge >= 0.3 is 0 Å². The Hall–Kier alpha value is -3.22. The Balaban J connectivity index is 1.79. The number of nitrogens with zero attached hydrogens (tertiary/aromatic N) is 1. The molecule has 0 aromatic heterocycles. The van der Waals surface area contributed by atoms with Gasteiger partial charge in [-0.3, -0.25) is 9.59 Å². The first-order valence-corrected chi connectivity index (χ1v) is 13.0. The third kappa shape index (κ3) is 8.41. The molecule has 0 saturated heterocycles. The first kappa shape index (κ1) is 28.4. The summed E-state index contributed by atoms with van der Waals surface area (Å²) in [6.07, 6.45) is 1.04. The fraction of sp³-hybridized carbons (Fsp3) is 0.310. The van der Waals surface area contributed by atoms with Crippen LogP contribution in [-0.4, -0.2) is 43.0 Å². The second kappa shape index (κ2) is 14.5. The van der Waals surface area contributed by atoms with Crippen LogP contribution in [0.3, 0.4) is 0 Å². The third-order valence-electron chi connectivity index (χ3n) is 5.88. The molecule has 2 amide bonds. The molecule has 0 radical (unpaired) electrons. The molecular weight excluding hydrogens is 511 g/mol. The fourth-order valence-corrected chi connectivity index (χ4v) is 4.45. The van der Waals surface area contributed by atoms with Gasteiger partial charge in [-0.05, 0) is 55.3 Å². The largest absolute Gasteiger partial charge is 0.497 e. The van der Waals surface area contributed by atoms with Crippen LogP contribution >= 0.6 is 23.2 Å². The summed E-state index contributed by atoms with van der Waals surface area (Å²) >= 11 is 12.9. The number of ether oxygens (including phenoxy) is 2. The number of halogens is 2. The summed E-state index contributed by atoms with van der Waals surface area (Å²) in [5, 5.41) is 3.77. The van der Waals surface area contributed by atoms with E-state index < -0.39 is 6.04 Å². The van der Waals surface area contributed by atoms with Gasteiger partial charge in [-0.2, -0.15) is 0 Å². The van der Waals surface area contributed by atoms with E-state index in [0.717, 1.165) is 11.3 Å². The summed E-state index contributed by atoms with van der Waals surface area (Å²) in [4.78, 5) is 28.4. The molecule has 0 heterocycles. The fourth-order valence-electron chi connectivity index (χ4n) is 3.93. The van der Waals surface area contributed by atoms with Crippen LogP contribution in [0.4, 0.5) is 0 Å². The molecule has 0 fully saturated rings. The van der Waals surface area contributed by atoms with Crippen molar-refractivity contribution in [2.45, 2.75) is 38.8 Å². The van der Waals surface area contributed by atoms with Crippen molar-refractivity contribution in [3.8, 4) is 11.5 Å². The highest BCUT2D eigenvalue weighted by molar-refractivity contribution is 6.36. The van der Waals surface area contributed by atoms with Crippen molar-refractivity contribution >= 4 is 35.0 Å². The lowest BCUT2D eigenvalue weighted by molar-refractivity contribution is -0.141. The average Bonchev–Trinajstić information content (AvgIpc) is 2.91. The molecule has 8 heteroatoms. The van der Waals surface area contributed by atoms with Crippen LogP contribution in [0, 0.1) is 0 Å². The summed E-state index contributed by atoms with van der Waals surface area (Å²) < 4.78 is 10.9. The molecule has 0 spiro atoms. The zero-order chi connectivity index (χ0) is 26.6. The number of benzene rings is 3. The van der Waals surface area contributed by atoms with Crippen LogP contribution in [0.15, 0.2) is 72.8 Å². The maximum absolute atomic E-state index is 13.6. The smallest absolute Gasteiger partial charge is 0.243 e. The van der Waals surface area contributed by atoms with Gasteiger partial charge < -0.3 is 19.7 Å². The van der Waals surface area contributed by atoms with E-state index in [1.807, 2.05) is 61.5 Å². The quantitative estimate of drug-likeness (QED) is 0.271. The minimum atomic E-state index is -0.732. The van der Waals surface area contributed by atoms with E-state index in [9.17, 15) is 9.59 Å². The predicted molar refractivity (Wildman–Crippen MR) is 147 cm³/mol. The van der Waals surface area contributed by atoms with E-state index >= 15 is 0 Å². The number of hydrogen-bond donors (Lipinski definition) is 1. The predicted octanol–water partition coefficient (Wildman–Crippen LogP) is 5.94. The van der Waals surface area contributed by atoms with Gasteiger partial charge in [0.25, 0.3) is 0 Å². The topological polar surface area (TPSA) is 67.9 Å². The Bertz CT molecular complexity index is 1140. The highest BCUT2D eigenvalue weighted by Crippen LogP contribution is 2.27. The van der Waals surface area contributed by atoms with Gasteiger partial charge in [0.2, 0.25) is 11.8 Å².